The van der Waals surface area contributed by atoms with E-state index in [2.05, 4.69) is 5.32 Å². The smallest absolute Gasteiger partial charge is 0.358 e. The summed E-state index contributed by atoms with van der Waals surface area (Å²) in [6.07, 6.45) is 0. The molecule has 0 saturated carbocycles. The van der Waals surface area contributed by atoms with E-state index in [0.717, 1.165) is 17.6 Å². The number of Topliss-reactive ketones (excluding diaryl/α,β-unsaturated/α-hetero) is 1. The summed E-state index contributed by atoms with van der Waals surface area (Å²) in [5.74, 6) is -3.74. The monoisotopic (exact) mass is 510 g/mol. The van der Waals surface area contributed by atoms with Crippen LogP contribution in [0.3, 0.4) is 0 Å². The number of ether oxygens (including phenoxy) is 1. The molecule has 7 nitrogen and oxygen atoms in total. The quantitative estimate of drug-likeness (QED) is 0.213. The topological polar surface area (TPSA) is 95.9 Å². The van der Waals surface area contributed by atoms with Crippen LogP contribution in [-0.2, 0) is 19.1 Å². The number of carbonyl (C=O) groups is 3. The van der Waals surface area contributed by atoms with Crippen molar-refractivity contribution in [2.75, 3.05) is 17.3 Å². The average Bonchev–Trinajstić information content (AvgIpc) is 3.08. The number of ketones is 1. The number of amides is 1. The lowest BCUT2D eigenvalue weighted by molar-refractivity contribution is -0.145. The van der Waals surface area contributed by atoms with Gasteiger partial charge >= 0.3 is 11.9 Å². The summed E-state index contributed by atoms with van der Waals surface area (Å²) >= 11 is 12.8. The molecule has 1 atom stereocenters. The molecule has 0 radical (unpaired) electrons. The molecule has 0 aliphatic carbocycles. The van der Waals surface area contributed by atoms with Gasteiger partial charge in [0.2, 0.25) is 0 Å². The van der Waals surface area contributed by atoms with Gasteiger partial charge in [-0.15, -0.1) is 0 Å². The van der Waals surface area contributed by atoms with Gasteiger partial charge in [-0.2, -0.15) is 0 Å². The van der Waals surface area contributed by atoms with E-state index in [1.807, 2.05) is 6.92 Å². The highest BCUT2D eigenvalue weighted by molar-refractivity contribution is 6.54. The van der Waals surface area contributed by atoms with Gasteiger partial charge in [0.15, 0.2) is 0 Å². The van der Waals surface area contributed by atoms with Crippen LogP contribution in [0.4, 0.5) is 11.4 Å². The molecule has 2 N–H and O–H groups in total. The lowest BCUT2D eigenvalue weighted by atomic mass is 9.93. The van der Waals surface area contributed by atoms with Crippen LogP contribution in [0.5, 0.6) is 0 Å². The number of carbonyl (C=O) groups excluding carboxylic acids is 3. The summed E-state index contributed by atoms with van der Waals surface area (Å²) in [5.41, 5.74) is -1.43. The van der Waals surface area contributed by atoms with E-state index in [9.17, 15) is 19.5 Å². The number of aryl methyl sites for hydroxylation is 1. The normalized spacial score (nSPS) is 19.0. The molecular weight excluding hydrogens is 491 g/mol. The summed E-state index contributed by atoms with van der Waals surface area (Å²) in [6, 6.07) is 19.3. The third-order valence-corrected chi connectivity index (χ3v) is 6.28. The van der Waals surface area contributed by atoms with Crippen molar-refractivity contribution in [2.45, 2.75) is 12.6 Å². The Morgan fingerprint density at radius 3 is 2.11 bits per heavy atom. The minimum absolute atomic E-state index is 0.0684. The molecule has 9 heteroatoms. The Labute approximate surface area is 211 Å². The first-order valence-corrected chi connectivity index (χ1v) is 11.2. The molecule has 1 saturated heterocycles. The molecular formula is C26H20Cl2N2O5. The molecule has 3 aromatic rings. The number of esters is 1. The van der Waals surface area contributed by atoms with Gasteiger partial charge < -0.3 is 15.2 Å². The Bertz CT molecular complexity index is 1340. The largest absolute Gasteiger partial charge is 0.507 e. The number of aliphatic hydroxyl groups excluding tert-OH is 1. The van der Waals surface area contributed by atoms with Crippen molar-refractivity contribution in [1.82, 2.24) is 0 Å². The molecule has 0 spiro atoms. The van der Waals surface area contributed by atoms with Crippen molar-refractivity contribution in [1.29, 1.82) is 0 Å². The summed E-state index contributed by atoms with van der Waals surface area (Å²) < 4.78 is 5.09. The highest BCUT2D eigenvalue weighted by Gasteiger charge is 2.63. The maximum Gasteiger partial charge on any atom is 0.358 e. The predicted molar refractivity (Wildman–Crippen MR) is 134 cm³/mol. The van der Waals surface area contributed by atoms with Crippen molar-refractivity contribution in [3.63, 3.8) is 0 Å². The van der Waals surface area contributed by atoms with Gasteiger partial charge in [0.1, 0.15) is 11.3 Å². The molecule has 1 aliphatic rings. The van der Waals surface area contributed by atoms with E-state index in [1.165, 1.54) is 12.1 Å². The Morgan fingerprint density at radius 2 is 1.54 bits per heavy atom. The number of rotatable bonds is 5. The van der Waals surface area contributed by atoms with Crippen LogP contribution in [0.2, 0.25) is 10.0 Å². The van der Waals surface area contributed by atoms with Crippen LogP contribution >= 0.6 is 23.2 Å². The Kier molecular flexibility index (Phi) is 6.56. The van der Waals surface area contributed by atoms with Gasteiger partial charge in [-0.1, -0.05) is 77.3 Å². The molecule has 0 aromatic heterocycles. The van der Waals surface area contributed by atoms with E-state index in [0.29, 0.717) is 0 Å². The van der Waals surface area contributed by atoms with Crippen molar-refractivity contribution < 1.29 is 24.2 Å². The second-order valence-electron chi connectivity index (χ2n) is 7.82. The van der Waals surface area contributed by atoms with Crippen LogP contribution < -0.4 is 10.2 Å². The van der Waals surface area contributed by atoms with E-state index in [1.54, 1.807) is 60.7 Å². The van der Waals surface area contributed by atoms with Crippen LogP contribution in [0, 0.1) is 6.92 Å². The van der Waals surface area contributed by atoms with E-state index >= 15 is 0 Å². The number of nitrogens with one attached hydrogen (secondary N) is 1. The Hall–Kier alpha value is -3.81. The summed E-state index contributed by atoms with van der Waals surface area (Å²) in [7, 11) is 1.11. The van der Waals surface area contributed by atoms with Gasteiger partial charge in [0.05, 0.1) is 22.8 Å². The third kappa shape index (κ3) is 4.03. The first kappa shape index (κ1) is 24.3. The van der Waals surface area contributed by atoms with Gasteiger partial charge in [0.25, 0.3) is 11.4 Å². The van der Waals surface area contributed by atoms with Gasteiger partial charge in [-0.3, -0.25) is 14.5 Å². The second kappa shape index (κ2) is 9.44. The SMILES string of the molecule is COC(=O)[C@@]1(Nc2c(Cl)cccc2Cl)/C(=C(/O)c2ccc(C)cc2)C(=O)C(=O)N1c1ccccc1. The molecule has 1 aliphatic heterocycles. The predicted octanol–water partition coefficient (Wildman–Crippen LogP) is 5.17. The summed E-state index contributed by atoms with van der Waals surface area (Å²) in [5, 5.41) is 14.5. The molecule has 178 valence electrons. The minimum atomic E-state index is -2.33. The first-order valence-electron chi connectivity index (χ1n) is 10.5. The lowest BCUT2D eigenvalue weighted by Crippen LogP contribution is -2.59. The number of hydrogen-bond donors (Lipinski definition) is 2. The fraction of sp³-hybridized carbons (Fsp3) is 0.115. The van der Waals surface area contributed by atoms with E-state index in [4.69, 9.17) is 27.9 Å². The number of halogens is 2. The van der Waals surface area contributed by atoms with Gasteiger partial charge in [-0.25, -0.2) is 4.79 Å². The molecule has 4 rings (SSSR count). The standard InChI is InChI=1S/C26H20Cl2N2O5/c1-15-11-13-16(14-12-15)22(31)20-23(32)24(33)30(17-7-4-3-5-8-17)26(20,25(34)35-2)29-21-18(27)9-6-10-19(21)28/h3-14,29,31H,1-2H3/b22-20+/t26-/m1/s1. The van der Waals surface area contributed by atoms with Gasteiger partial charge in [0, 0.05) is 11.3 Å². The number of para-hydroxylation sites is 2. The highest BCUT2D eigenvalue weighted by Crippen LogP contribution is 2.44. The number of hydrogen-bond acceptors (Lipinski definition) is 6. The van der Waals surface area contributed by atoms with E-state index in [-0.39, 0.29) is 27.0 Å². The fourth-order valence-electron chi connectivity index (χ4n) is 3.97. The molecule has 0 unspecified atom stereocenters. The van der Waals surface area contributed by atoms with Crippen molar-refractivity contribution >= 4 is 58.0 Å². The zero-order chi connectivity index (χ0) is 25.3. The number of anilines is 2. The zero-order valence-electron chi connectivity index (χ0n) is 18.7. The Balaban J connectivity index is 2.10. The molecule has 1 amide bonds. The number of nitrogens with zero attached hydrogens (tertiary/aromatic N) is 1. The van der Waals surface area contributed by atoms with E-state index < -0.39 is 34.7 Å². The maximum atomic E-state index is 13.6. The maximum absolute atomic E-state index is 13.6. The number of benzene rings is 3. The van der Waals surface area contributed by atoms with Crippen LogP contribution in [0.1, 0.15) is 11.1 Å². The van der Waals surface area contributed by atoms with Crippen molar-refractivity contribution in [3.8, 4) is 0 Å². The van der Waals surface area contributed by atoms with Crippen LogP contribution in [-0.4, -0.2) is 35.5 Å². The van der Waals surface area contributed by atoms with Crippen molar-refractivity contribution in [3.05, 3.63) is 99.5 Å². The molecule has 1 heterocycles. The third-order valence-electron chi connectivity index (χ3n) is 5.65. The fourth-order valence-corrected chi connectivity index (χ4v) is 4.46. The first-order chi connectivity index (χ1) is 16.7. The van der Waals surface area contributed by atoms with Crippen LogP contribution in [0.25, 0.3) is 5.76 Å². The minimum Gasteiger partial charge on any atom is -0.507 e. The van der Waals surface area contributed by atoms with Gasteiger partial charge in [-0.05, 0) is 31.2 Å². The zero-order valence-corrected chi connectivity index (χ0v) is 20.2. The molecule has 3 aromatic carbocycles. The highest BCUT2D eigenvalue weighted by atomic mass is 35.5. The summed E-state index contributed by atoms with van der Waals surface area (Å²) in [4.78, 5) is 41.4. The number of aliphatic hydroxyl groups is 1. The lowest BCUT2D eigenvalue weighted by Gasteiger charge is -2.37. The van der Waals surface area contributed by atoms with Crippen molar-refractivity contribution in [2.24, 2.45) is 0 Å². The average molecular weight is 511 g/mol. The number of methoxy groups -OCH3 is 1. The van der Waals surface area contributed by atoms with Crippen LogP contribution in [0.15, 0.2) is 78.4 Å². The molecule has 0 bridgehead atoms. The summed E-state index contributed by atoms with van der Waals surface area (Å²) in [6.45, 7) is 1.86. The second-order valence-corrected chi connectivity index (χ2v) is 8.63. The molecule has 35 heavy (non-hydrogen) atoms. The Morgan fingerprint density at radius 1 is 0.943 bits per heavy atom. The molecule has 1 fully saturated rings.